The van der Waals surface area contributed by atoms with E-state index in [1.54, 1.807) is 13.8 Å². The van der Waals surface area contributed by atoms with Crippen molar-refractivity contribution in [3.8, 4) is 6.07 Å². The fraction of sp³-hybridized carbons (Fsp3) is 0.357. The molecule has 5 nitrogen and oxygen atoms in total. The number of carbonyl (C=O) groups is 2. The summed E-state index contributed by atoms with van der Waals surface area (Å²) in [5.74, 6) is -2.12. The molecule has 0 bridgehead atoms. The molecule has 0 aliphatic rings. The van der Waals surface area contributed by atoms with Gasteiger partial charge in [0.1, 0.15) is 5.82 Å². The summed E-state index contributed by atoms with van der Waals surface area (Å²) in [6.07, 6.45) is 0.133. The van der Waals surface area contributed by atoms with Crippen molar-refractivity contribution < 1.29 is 14.0 Å². The largest absolute Gasteiger partial charge is 0.334 e. The zero-order valence-electron chi connectivity index (χ0n) is 11.6. The molecule has 1 unspecified atom stereocenters. The molecule has 1 rings (SSSR count). The topological polar surface area (TPSA) is 73.2 Å². The van der Waals surface area contributed by atoms with E-state index in [1.807, 2.05) is 6.07 Å². The summed E-state index contributed by atoms with van der Waals surface area (Å²) in [7, 11) is 1.45. The molecule has 1 N–H and O–H groups in total. The summed E-state index contributed by atoms with van der Waals surface area (Å²) in [6.45, 7) is 3.36. The van der Waals surface area contributed by atoms with Crippen LogP contribution in [0.3, 0.4) is 0 Å². The maximum atomic E-state index is 13.1. The van der Waals surface area contributed by atoms with Crippen molar-refractivity contribution in [2.75, 3.05) is 12.4 Å². The van der Waals surface area contributed by atoms with Crippen molar-refractivity contribution in [1.29, 1.82) is 5.26 Å². The Hall–Kier alpha value is -2.42. The number of aryl methyl sites for hydroxylation is 1. The quantitative estimate of drug-likeness (QED) is 0.857. The number of hydrogen-bond acceptors (Lipinski definition) is 3. The first-order valence-corrected chi connectivity index (χ1v) is 6.08. The van der Waals surface area contributed by atoms with Gasteiger partial charge >= 0.3 is 11.8 Å². The first kappa shape index (κ1) is 15.6. The van der Waals surface area contributed by atoms with Gasteiger partial charge in [-0.05, 0) is 31.5 Å². The van der Waals surface area contributed by atoms with Crippen molar-refractivity contribution in [3.05, 3.63) is 29.6 Å². The molecule has 106 valence electrons. The first-order valence-electron chi connectivity index (χ1n) is 6.08. The minimum Gasteiger partial charge on any atom is -0.334 e. The predicted molar refractivity (Wildman–Crippen MR) is 72.2 cm³/mol. The molecule has 0 aliphatic carbocycles. The molecule has 2 amide bonds. The lowest BCUT2D eigenvalue weighted by molar-refractivity contribution is -0.143. The molecule has 0 aromatic heterocycles. The smallest absolute Gasteiger partial charge is 0.313 e. The van der Waals surface area contributed by atoms with E-state index in [0.29, 0.717) is 5.56 Å². The standard InChI is InChI=1S/C14H16FN3O2/c1-9-4-5-11(15)8-12(9)17-13(19)14(20)18(3)10(2)6-7-16/h4-5,8,10H,6H2,1-3H3,(H,17,19). The van der Waals surface area contributed by atoms with Gasteiger partial charge in [0, 0.05) is 18.8 Å². The van der Waals surface area contributed by atoms with E-state index in [-0.39, 0.29) is 18.2 Å². The first-order chi connectivity index (χ1) is 9.36. The van der Waals surface area contributed by atoms with Gasteiger partial charge in [0.15, 0.2) is 0 Å². The van der Waals surface area contributed by atoms with E-state index >= 15 is 0 Å². The third-order valence-electron chi connectivity index (χ3n) is 3.01. The Balaban J connectivity index is 2.78. The Bertz CT molecular complexity index is 566. The number of amides is 2. The van der Waals surface area contributed by atoms with Crippen molar-refractivity contribution in [1.82, 2.24) is 4.90 Å². The van der Waals surface area contributed by atoms with Crippen molar-refractivity contribution in [2.45, 2.75) is 26.3 Å². The number of carbonyl (C=O) groups excluding carboxylic acids is 2. The summed E-state index contributed by atoms with van der Waals surface area (Å²) in [5, 5.41) is 11.0. The zero-order valence-corrected chi connectivity index (χ0v) is 11.6. The van der Waals surface area contributed by atoms with Gasteiger partial charge in [0.05, 0.1) is 12.5 Å². The highest BCUT2D eigenvalue weighted by atomic mass is 19.1. The van der Waals surface area contributed by atoms with Gasteiger partial charge in [-0.3, -0.25) is 9.59 Å². The molecular formula is C14H16FN3O2. The van der Waals surface area contributed by atoms with E-state index in [4.69, 9.17) is 5.26 Å². The van der Waals surface area contributed by atoms with E-state index in [2.05, 4.69) is 5.32 Å². The molecule has 0 saturated heterocycles. The Morgan fingerprint density at radius 3 is 2.75 bits per heavy atom. The number of nitrogens with zero attached hydrogens (tertiary/aromatic N) is 2. The second-order valence-corrected chi connectivity index (χ2v) is 4.54. The molecule has 1 aromatic carbocycles. The van der Waals surface area contributed by atoms with Crippen molar-refractivity contribution >= 4 is 17.5 Å². The number of benzene rings is 1. The Kier molecular flexibility index (Phi) is 5.21. The van der Waals surface area contributed by atoms with Crippen LogP contribution in [0, 0.1) is 24.1 Å². The number of nitriles is 1. The zero-order chi connectivity index (χ0) is 15.3. The average Bonchev–Trinajstić information content (AvgIpc) is 2.41. The maximum Gasteiger partial charge on any atom is 0.313 e. The molecule has 0 fully saturated rings. The van der Waals surface area contributed by atoms with Crippen LogP contribution < -0.4 is 5.32 Å². The van der Waals surface area contributed by atoms with Gasteiger partial charge in [-0.2, -0.15) is 5.26 Å². The fourth-order valence-corrected chi connectivity index (χ4v) is 1.53. The normalized spacial score (nSPS) is 11.3. The lowest BCUT2D eigenvalue weighted by Gasteiger charge is -2.22. The van der Waals surface area contributed by atoms with Crippen LogP contribution in [0.25, 0.3) is 0 Å². The molecule has 0 heterocycles. The maximum absolute atomic E-state index is 13.1. The molecular weight excluding hydrogens is 261 g/mol. The minimum absolute atomic E-state index is 0.133. The molecule has 6 heteroatoms. The lowest BCUT2D eigenvalue weighted by atomic mass is 10.2. The van der Waals surface area contributed by atoms with Crippen LogP contribution in [0.5, 0.6) is 0 Å². The molecule has 1 aromatic rings. The number of rotatable bonds is 3. The molecule has 1 atom stereocenters. The number of nitrogens with one attached hydrogen (secondary N) is 1. The van der Waals surface area contributed by atoms with Crippen LogP contribution in [-0.4, -0.2) is 29.8 Å². The second kappa shape index (κ2) is 6.66. The van der Waals surface area contributed by atoms with Crippen LogP contribution in [0.2, 0.25) is 0 Å². The average molecular weight is 277 g/mol. The third kappa shape index (κ3) is 3.79. The summed E-state index contributed by atoms with van der Waals surface area (Å²) >= 11 is 0. The lowest BCUT2D eigenvalue weighted by Crippen LogP contribution is -2.42. The SMILES string of the molecule is Cc1ccc(F)cc1NC(=O)C(=O)N(C)C(C)CC#N. The number of likely N-dealkylation sites (N-methyl/N-ethyl adjacent to an activating group) is 1. The van der Waals surface area contributed by atoms with Crippen molar-refractivity contribution in [3.63, 3.8) is 0 Å². The number of anilines is 1. The van der Waals surface area contributed by atoms with Gasteiger partial charge < -0.3 is 10.2 Å². The van der Waals surface area contributed by atoms with Gasteiger partial charge in [0.25, 0.3) is 0 Å². The number of hydrogen-bond donors (Lipinski definition) is 1. The van der Waals surface area contributed by atoms with E-state index in [9.17, 15) is 14.0 Å². The summed E-state index contributed by atoms with van der Waals surface area (Å²) in [5.41, 5.74) is 0.907. The van der Waals surface area contributed by atoms with Gasteiger partial charge in [0.2, 0.25) is 0 Å². The van der Waals surface area contributed by atoms with E-state index < -0.39 is 17.6 Å². The Morgan fingerprint density at radius 2 is 2.15 bits per heavy atom. The van der Waals surface area contributed by atoms with Gasteiger partial charge in [-0.15, -0.1) is 0 Å². The molecule has 0 aliphatic heterocycles. The third-order valence-corrected chi connectivity index (χ3v) is 3.01. The summed E-state index contributed by atoms with van der Waals surface area (Å²) in [4.78, 5) is 24.9. The second-order valence-electron chi connectivity index (χ2n) is 4.54. The molecule has 0 spiro atoms. The van der Waals surface area contributed by atoms with E-state index in [1.165, 1.54) is 24.1 Å². The Morgan fingerprint density at radius 1 is 1.50 bits per heavy atom. The number of halogens is 1. The molecule has 20 heavy (non-hydrogen) atoms. The highest BCUT2D eigenvalue weighted by Crippen LogP contribution is 2.16. The highest BCUT2D eigenvalue weighted by Gasteiger charge is 2.23. The molecule has 0 saturated carbocycles. The van der Waals surface area contributed by atoms with Crippen LogP contribution in [0.15, 0.2) is 18.2 Å². The van der Waals surface area contributed by atoms with Gasteiger partial charge in [-0.25, -0.2) is 4.39 Å². The summed E-state index contributed by atoms with van der Waals surface area (Å²) < 4.78 is 13.1. The van der Waals surface area contributed by atoms with Gasteiger partial charge in [-0.1, -0.05) is 6.07 Å². The minimum atomic E-state index is -0.856. The van der Waals surface area contributed by atoms with Crippen LogP contribution in [0.4, 0.5) is 10.1 Å². The Labute approximate surface area is 117 Å². The molecule has 0 radical (unpaired) electrons. The monoisotopic (exact) mass is 277 g/mol. The van der Waals surface area contributed by atoms with Crippen LogP contribution >= 0.6 is 0 Å². The highest BCUT2D eigenvalue weighted by molar-refractivity contribution is 6.39. The van der Waals surface area contributed by atoms with E-state index in [0.717, 1.165) is 6.07 Å². The fourth-order valence-electron chi connectivity index (χ4n) is 1.53. The predicted octanol–water partition coefficient (Wildman–Crippen LogP) is 1.83. The van der Waals surface area contributed by atoms with Crippen LogP contribution in [0.1, 0.15) is 18.9 Å². The summed E-state index contributed by atoms with van der Waals surface area (Å²) in [6, 6.07) is 5.50. The van der Waals surface area contributed by atoms with Crippen molar-refractivity contribution in [2.24, 2.45) is 0 Å². The van der Waals surface area contributed by atoms with Crippen LogP contribution in [-0.2, 0) is 9.59 Å².